The molecule has 0 amide bonds. The van der Waals surface area contributed by atoms with E-state index in [1.54, 1.807) is 0 Å². The first kappa shape index (κ1) is 12.8. The molecule has 0 saturated heterocycles. The van der Waals surface area contributed by atoms with Gasteiger partial charge in [-0.25, -0.2) is 8.78 Å². The normalized spacial score (nSPS) is 10.2. The van der Waals surface area contributed by atoms with E-state index in [-0.39, 0.29) is 17.4 Å². The maximum Gasteiger partial charge on any atom is 0.280 e. The fraction of sp³-hybridized carbons (Fsp3) is 0.400. The summed E-state index contributed by atoms with van der Waals surface area (Å²) in [7, 11) is 1.39. The molecule has 1 rings (SSSR count). The highest BCUT2D eigenvalue weighted by atomic mass is 79.9. The van der Waals surface area contributed by atoms with Crippen LogP contribution in [0.15, 0.2) is 6.20 Å². The molecule has 0 fully saturated rings. The van der Waals surface area contributed by atoms with E-state index in [0.29, 0.717) is 16.9 Å². The van der Waals surface area contributed by atoms with Crippen LogP contribution in [0.25, 0.3) is 0 Å². The van der Waals surface area contributed by atoms with E-state index in [1.807, 2.05) is 6.07 Å². The van der Waals surface area contributed by atoms with Crippen molar-refractivity contribution in [2.45, 2.75) is 18.2 Å². The maximum absolute atomic E-state index is 12.6. The zero-order valence-electron chi connectivity index (χ0n) is 8.51. The van der Waals surface area contributed by atoms with Crippen LogP contribution in [0.1, 0.15) is 23.2 Å². The number of halogens is 3. The van der Waals surface area contributed by atoms with Crippen LogP contribution < -0.4 is 4.74 Å². The first-order valence-electron chi connectivity index (χ1n) is 4.41. The second-order valence-corrected chi connectivity index (χ2v) is 3.51. The molecule has 0 N–H and O–H groups in total. The minimum atomic E-state index is -2.66. The minimum absolute atomic E-state index is 0.0830. The molecule has 1 heterocycles. The van der Waals surface area contributed by atoms with Gasteiger partial charge in [-0.2, -0.15) is 5.26 Å². The number of methoxy groups -OCH3 is 1. The lowest BCUT2D eigenvalue weighted by Crippen LogP contribution is -2.03. The fourth-order valence-electron chi connectivity index (χ4n) is 1.38. The van der Waals surface area contributed by atoms with Gasteiger partial charge in [0.05, 0.1) is 19.6 Å². The number of hydrogen-bond donors (Lipinski definition) is 0. The number of nitriles is 1. The molecule has 6 heteroatoms. The summed E-state index contributed by atoms with van der Waals surface area (Å²) >= 11 is 3.12. The Morgan fingerprint density at radius 3 is 2.75 bits per heavy atom. The zero-order chi connectivity index (χ0) is 12.1. The predicted molar refractivity (Wildman–Crippen MR) is 57.7 cm³/mol. The molecule has 3 nitrogen and oxygen atoms in total. The van der Waals surface area contributed by atoms with Crippen LogP contribution >= 0.6 is 15.9 Å². The second-order valence-electron chi connectivity index (χ2n) is 2.95. The highest BCUT2D eigenvalue weighted by Crippen LogP contribution is 2.32. The summed E-state index contributed by atoms with van der Waals surface area (Å²) in [6.45, 7) is 0. The molecule has 16 heavy (non-hydrogen) atoms. The molecule has 0 aromatic carbocycles. The summed E-state index contributed by atoms with van der Waals surface area (Å²) < 4.78 is 30.3. The number of hydrogen-bond acceptors (Lipinski definition) is 3. The van der Waals surface area contributed by atoms with Gasteiger partial charge in [-0.15, -0.1) is 0 Å². The second kappa shape index (κ2) is 5.75. The molecule has 0 atom stereocenters. The van der Waals surface area contributed by atoms with Gasteiger partial charge in [0.1, 0.15) is 11.4 Å². The topological polar surface area (TPSA) is 45.9 Å². The molecule has 0 aliphatic heterocycles. The average Bonchev–Trinajstić information content (AvgIpc) is 2.28. The first-order valence-corrected chi connectivity index (χ1v) is 5.53. The Morgan fingerprint density at radius 1 is 1.62 bits per heavy atom. The van der Waals surface area contributed by atoms with Gasteiger partial charge in [-0.3, -0.25) is 4.98 Å². The van der Waals surface area contributed by atoms with Crippen LogP contribution in [0.5, 0.6) is 5.75 Å². The third-order valence-electron chi connectivity index (χ3n) is 2.05. The number of rotatable bonds is 4. The molecule has 0 spiro atoms. The average molecular weight is 291 g/mol. The summed E-state index contributed by atoms with van der Waals surface area (Å²) in [6.07, 6.45) is -1.31. The van der Waals surface area contributed by atoms with Crippen molar-refractivity contribution in [2.75, 3.05) is 7.11 Å². The zero-order valence-corrected chi connectivity index (χ0v) is 10.1. The van der Waals surface area contributed by atoms with Crippen LogP contribution in [0, 0.1) is 11.3 Å². The van der Waals surface area contributed by atoms with Crippen molar-refractivity contribution in [1.29, 1.82) is 5.26 Å². The molecule has 0 aliphatic carbocycles. The Balaban J connectivity index is 3.35. The maximum atomic E-state index is 12.6. The predicted octanol–water partition coefficient (Wildman–Crippen LogP) is 2.99. The lowest BCUT2D eigenvalue weighted by atomic mass is 10.1. The van der Waals surface area contributed by atoms with Crippen molar-refractivity contribution in [3.63, 3.8) is 0 Å². The van der Waals surface area contributed by atoms with Gasteiger partial charge in [0.15, 0.2) is 0 Å². The monoisotopic (exact) mass is 290 g/mol. The Bertz CT molecular complexity index is 418. The smallest absolute Gasteiger partial charge is 0.280 e. The van der Waals surface area contributed by atoms with E-state index in [2.05, 4.69) is 20.9 Å². The van der Waals surface area contributed by atoms with Gasteiger partial charge in [-0.1, -0.05) is 15.9 Å². The Kier molecular flexibility index (Phi) is 4.62. The minimum Gasteiger partial charge on any atom is -0.496 e. The van der Waals surface area contributed by atoms with E-state index in [9.17, 15) is 8.78 Å². The summed E-state index contributed by atoms with van der Waals surface area (Å²) in [6, 6.07) is 1.94. The molecule has 0 bridgehead atoms. The molecular weight excluding hydrogens is 282 g/mol. The molecule has 0 radical (unpaired) electrons. The standard InChI is InChI=1S/C10H9BrF2N2O/c1-16-9-6(2-3-14)5-15-8(10(12)13)7(9)4-11/h5,10H,2,4H2,1H3. The van der Waals surface area contributed by atoms with E-state index < -0.39 is 6.43 Å². The van der Waals surface area contributed by atoms with Crippen molar-refractivity contribution in [2.24, 2.45) is 0 Å². The van der Waals surface area contributed by atoms with Crippen LogP contribution in [0.2, 0.25) is 0 Å². The number of nitrogens with zero attached hydrogens (tertiary/aromatic N) is 2. The molecule has 0 saturated carbocycles. The van der Waals surface area contributed by atoms with Crippen molar-refractivity contribution in [3.8, 4) is 11.8 Å². The van der Waals surface area contributed by atoms with Crippen LogP contribution in [0.3, 0.4) is 0 Å². The van der Waals surface area contributed by atoms with Gasteiger partial charge in [0.25, 0.3) is 6.43 Å². The lowest BCUT2D eigenvalue weighted by molar-refractivity contribution is 0.144. The number of pyridine rings is 1. The van der Waals surface area contributed by atoms with Crippen LogP contribution in [-0.4, -0.2) is 12.1 Å². The van der Waals surface area contributed by atoms with Crippen molar-refractivity contribution >= 4 is 15.9 Å². The third kappa shape index (κ3) is 2.47. The first-order chi connectivity index (χ1) is 7.65. The van der Waals surface area contributed by atoms with Gasteiger partial charge in [-0.05, 0) is 0 Å². The molecule has 86 valence electrons. The highest BCUT2D eigenvalue weighted by Gasteiger charge is 2.20. The SMILES string of the molecule is COc1c(CC#N)cnc(C(F)F)c1CBr. The number of aromatic nitrogens is 1. The summed E-state index contributed by atoms with van der Waals surface area (Å²) in [5, 5.41) is 8.80. The largest absolute Gasteiger partial charge is 0.496 e. The van der Waals surface area contributed by atoms with E-state index in [4.69, 9.17) is 10.00 Å². The van der Waals surface area contributed by atoms with E-state index >= 15 is 0 Å². The van der Waals surface area contributed by atoms with Gasteiger partial charge >= 0.3 is 0 Å². The summed E-state index contributed by atoms with van der Waals surface area (Å²) in [5.74, 6) is 0.309. The highest BCUT2D eigenvalue weighted by molar-refractivity contribution is 9.08. The van der Waals surface area contributed by atoms with Gasteiger partial charge < -0.3 is 4.74 Å². The van der Waals surface area contributed by atoms with Crippen molar-refractivity contribution in [3.05, 3.63) is 23.0 Å². The molecule has 1 aromatic heterocycles. The lowest BCUT2D eigenvalue weighted by Gasteiger charge is -2.13. The van der Waals surface area contributed by atoms with Crippen molar-refractivity contribution in [1.82, 2.24) is 4.98 Å². The molecule has 1 aromatic rings. The Morgan fingerprint density at radius 2 is 2.31 bits per heavy atom. The number of alkyl halides is 3. The molecule has 0 unspecified atom stereocenters. The summed E-state index contributed by atoms with van der Waals surface area (Å²) in [5.41, 5.74) is 0.504. The van der Waals surface area contributed by atoms with E-state index in [1.165, 1.54) is 13.3 Å². The Labute approximate surface area is 100 Å². The quantitative estimate of drug-likeness (QED) is 0.801. The van der Waals surface area contributed by atoms with Crippen LogP contribution in [0.4, 0.5) is 8.78 Å². The molecule has 0 aliphatic rings. The van der Waals surface area contributed by atoms with Crippen molar-refractivity contribution < 1.29 is 13.5 Å². The summed E-state index contributed by atoms with van der Waals surface area (Å²) in [4.78, 5) is 3.67. The number of ether oxygens (including phenoxy) is 1. The molecular formula is C10H9BrF2N2O. The Hall–Kier alpha value is -1.22. The fourth-order valence-corrected chi connectivity index (χ4v) is 1.92. The van der Waals surface area contributed by atoms with Crippen LogP contribution in [-0.2, 0) is 11.8 Å². The van der Waals surface area contributed by atoms with Gasteiger partial charge in [0, 0.05) is 22.7 Å². The third-order valence-corrected chi connectivity index (χ3v) is 2.61. The van der Waals surface area contributed by atoms with E-state index in [0.717, 1.165) is 0 Å². The van der Waals surface area contributed by atoms with Gasteiger partial charge in [0.2, 0.25) is 0 Å².